The van der Waals surface area contributed by atoms with Gasteiger partial charge < -0.3 is 115 Å². The first-order valence-corrected chi connectivity index (χ1v) is 27.9. The van der Waals surface area contributed by atoms with E-state index in [1.54, 1.807) is 13.8 Å². The largest absolute Gasteiger partial charge is 0.394 e. The third-order valence-corrected chi connectivity index (χ3v) is 21.1. The SMILES string of the molecule is C[C@H](CC[C@@H](O[C@@H]1O[C@H](CO)[C@@H](O)[C@H](O)[C@H]1O[C@@H]1O[C@H](CO)[C@@H](O)[C@H](O)[C@H]1O)C(C)(C)O)C1CC[C@@]2(C)C3CC=C4C(CC[C@H](O[C@@H]5O[C@H](CO)C([C@@H]6O[C@H](CO)[C@@H](O)[C@H](O)[C@H]6O)[C@H](O)[C@H]5O)C4(C)C)[C@]3(C)[C@H](O)C[C@]12C. The number of ether oxygens (including phenoxy) is 7. The van der Waals surface area contributed by atoms with E-state index in [9.17, 15) is 81.7 Å². The Morgan fingerprint density at radius 3 is 1.73 bits per heavy atom. The van der Waals surface area contributed by atoms with Crippen LogP contribution in [-0.4, -0.2) is 249 Å². The van der Waals surface area contributed by atoms with Crippen molar-refractivity contribution in [1.82, 2.24) is 0 Å². The zero-order chi connectivity index (χ0) is 56.8. The predicted molar refractivity (Wildman–Crippen MR) is 266 cm³/mol. The van der Waals surface area contributed by atoms with Crippen LogP contribution in [-0.2, 0) is 33.2 Å². The summed E-state index contributed by atoms with van der Waals surface area (Å²) in [5.41, 5.74) is -2.10. The molecule has 23 heteroatoms. The molecule has 23 nitrogen and oxygen atoms in total. The summed E-state index contributed by atoms with van der Waals surface area (Å²) in [4.78, 5) is 0. The van der Waals surface area contributed by atoms with Crippen molar-refractivity contribution in [3.63, 3.8) is 0 Å². The van der Waals surface area contributed by atoms with Crippen LogP contribution in [0.4, 0.5) is 0 Å². The molecule has 4 aliphatic heterocycles. The number of aliphatic hydroxyl groups excluding tert-OH is 15. The fourth-order valence-electron chi connectivity index (χ4n) is 16.1. The molecule has 7 fully saturated rings. The van der Waals surface area contributed by atoms with E-state index in [-0.39, 0.29) is 40.9 Å². The smallest absolute Gasteiger partial charge is 0.187 e. The fourth-order valence-corrected chi connectivity index (χ4v) is 16.1. The summed E-state index contributed by atoms with van der Waals surface area (Å²) in [6.45, 7) is 13.5. The first kappa shape index (κ1) is 61.9. The summed E-state index contributed by atoms with van der Waals surface area (Å²) >= 11 is 0. The average Bonchev–Trinajstić information content (AvgIpc) is 3.65. The molecule has 4 aliphatic carbocycles. The van der Waals surface area contributed by atoms with Crippen molar-refractivity contribution in [3.05, 3.63) is 11.6 Å². The van der Waals surface area contributed by atoms with Crippen LogP contribution in [0.15, 0.2) is 11.6 Å². The van der Waals surface area contributed by atoms with E-state index < -0.39 is 184 Å². The van der Waals surface area contributed by atoms with E-state index in [0.29, 0.717) is 32.1 Å². The van der Waals surface area contributed by atoms with Crippen LogP contribution in [0.5, 0.6) is 0 Å². The highest BCUT2D eigenvalue weighted by molar-refractivity contribution is 5.32. The monoisotopic (exact) mass is 1110 g/mol. The van der Waals surface area contributed by atoms with Crippen molar-refractivity contribution in [2.45, 2.75) is 247 Å². The van der Waals surface area contributed by atoms with Gasteiger partial charge in [-0.1, -0.05) is 53.2 Å². The molecule has 0 aromatic carbocycles. The van der Waals surface area contributed by atoms with Crippen LogP contribution >= 0.6 is 0 Å². The molecule has 3 saturated carbocycles. The van der Waals surface area contributed by atoms with Crippen molar-refractivity contribution < 1.29 is 115 Å². The predicted octanol–water partition coefficient (Wildman–Crippen LogP) is -2.96. The minimum absolute atomic E-state index is 0.0298. The summed E-state index contributed by atoms with van der Waals surface area (Å²) in [6.07, 6.45) is -25.1. The third-order valence-electron chi connectivity index (χ3n) is 21.1. The molecule has 0 amide bonds. The Labute approximate surface area is 450 Å². The van der Waals surface area contributed by atoms with Crippen molar-refractivity contribution in [2.24, 2.45) is 51.2 Å². The molecule has 8 rings (SSSR count). The lowest BCUT2D eigenvalue weighted by Gasteiger charge is -2.67. The Bertz CT molecular complexity index is 2000. The second-order valence-electron chi connectivity index (χ2n) is 25.9. The molecule has 0 aromatic rings. The van der Waals surface area contributed by atoms with Crippen molar-refractivity contribution in [1.29, 1.82) is 0 Å². The van der Waals surface area contributed by atoms with Crippen molar-refractivity contribution >= 4 is 0 Å². The summed E-state index contributed by atoms with van der Waals surface area (Å²) in [5.74, 6) is -1.03. The third kappa shape index (κ3) is 10.6. The molecule has 0 spiro atoms. The molecule has 0 radical (unpaired) electrons. The van der Waals surface area contributed by atoms with Gasteiger partial charge in [0.1, 0.15) is 79.4 Å². The Morgan fingerprint density at radius 2 is 1.13 bits per heavy atom. The van der Waals surface area contributed by atoms with E-state index in [1.807, 2.05) is 0 Å². The van der Waals surface area contributed by atoms with E-state index in [2.05, 4.69) is 47.6 Å². The highest BCUT2D eigenvalue weighted by Gasteiger charge is 2.70. The molecule has 4 unspecified atom stereocenters. The van der Waals surface area contributed by atoms with Gasteiger partial charge in [0.2, 0.25) is 0 Å². The number of fused-ring (bicyclic) bond motifs is 5. The zero-order valence-electron chi connectivity index (χ0n) is 45.7. The molecule has 16 N–H and O–H groups in total. The van der Waals surface area contributed by atoms with Crippen LogP contribution in [0, 0.1) is 51.2 Å². The van der Waals surface area contributed by atoms with E-state index >= 15 is 0 Å². The van der Waals surface area contributed by atoms with E-state index in [1.165, 1.54) is 0 Å². The summed E-state index contributed by atoms with van der Waals surface area (Å²) < 4.78 is 42.2. The summed E-state index contributed by atoms with van der Waals surface area (Å²) in [5, 5.41) is 173. The topological polar surface area (TPSA) is 388 Å². The molecule has 8 aliphatic rings. The van der Waals surface area contributed by atoms with Crippen LogP contribution in [0.2, 0.25) is 0 Å². The second-order valence-corrected chi connectivity index (χ2v) is 25.9. The average molecular weight is 1110 g/mol. The van der Waals surface area contributed by atoms with Crippen LogP contribution in [0.25, 0.3) is 0 Å². The molecule has 30 atom stereocenters. The maximum Gasteiger partial charge on any atom is 0.187 e. The Kier molecular flexibility index (Phi) is 18.6. The van der Waals surface area contributed by atoms with E-state index in [0.717, 1.165) is 18.4 Å². The van der Waals surface area contributed by atoms with Gasteiger partial charge in [0.05, 0.1) is 68.7 Å². The van der Waals surface area contributed by atoms with Gasteiger partial charge in [0.25, 0.3) is 0 Å². The quantitative estimate of drug-likeness (QED) is 0.0687. The van der Waals surface area contributed by atoms with Gasteiger partial charge in [-0.05, 0) is 99.7 Å². The van der Waals surface area contributed by atoms with Gasteiger partial charge in [-0.3, -0.25) is 0 Å². The van der Waals surface area contributed by atoms with Crippen LogP contribution in [0.1, 0.15) is 107 Å². The van der Waals surface area contributed by atoms with Gasteiger partial charge in [0.15, 0.2) is 18.9 Å². The van der Waals surface area contributed by atoms with E-state index in [4.69, 9.17) is 33.2 Å². The lowest BCUT2D eigenvalue weighted by molar-refractivity contribution is -0.375. The Morgan fingerprint density at radius 1 is 0.597 bits per heavy atom. The first-order chi connectivity index (χ1) is 36.0. The number of hydrogen-bond donors (Lipinski definition) is 16. The van der Waals surface area contributed by atoms with Crippen LogP contribution < -0.4 is 0 Å². The summed E-state index contributed by atoms with van der Waals surface area (Å²) in [7, 11) is 0. The van der Waals surface area contributed by atoms with Crippen LogP contribution in [0.3, 0.4) is 0 Å². The molecule has 4 saturated heterocycles. The molecule has 77 heavy (non-hydrogen) atoms. The first-order valence-electron chi connectivity index (χ1n) is 27.9. The maximum absolute atomic E-state index is 12.7. The van der Waals surface area contributed by atoms with Gasteiger partial charge >= 0.3 is 0 Å². The Balaban J connectivity index is 0.953. The number of hydrogen-bond acceptors (Lipinski definition) is 23. The number of rotatable bonds is 16. The molecule has 0 aromatic heterocycles. The molecule has 4 heterocycles. The molecular formula is C54H92O23. The highest BCUT2D eigenvalue weighted by Crippen LogP contribution is 2.75. The number of allylic oxidation sites excluding steroid dienone is 1. The molecule has 0 bridgehead atoms. The van der Waals surface area contributed by atoms with Crippen molar-refractivity contribution in [2.75, 3.05) is 26.4 Å². The number of aliphatic hydroxyl groups is 16. The van der Waals surface area contributed by atoms with Crippen molar-refractivity contribution in [3.8, 4) is 0 Å². The second kappa shape index (κ2) is 23.1. The maximum atomic E-state index is 12.7. The Hall–Kier alpha value is -1.18. The van der Waals surface area contributed by atoms with Gasteiger partial charge in [-0.15, -0.1) is 0 Å². The minimum atomic E-state index is -1.85. The summed E-state index contributed by atoms with van der Waals surface area (Å²) in [6, 6.07) is 0. The normalized spacial score (nSPS) is 51.9. The molecule has 446 valence electrons. The zero-order valence-corrected chi connectivity index (χ0v) is 45.7. The van der Waals surface area contributed by atoms with Gasteiger partial charge in [-0.2, -0.15) is 0 Å². The fraction of sp³-hybridized carbons (Fsp3) is 0.963. The minimum Gasteiger partial charge on any atom is -0.394 e. The lowest BCUT2D eigenvalue weighted by atomic mass is 9.38. The van der Waals surface area contributed by atoms with Gasteiger partial charge in [0, 0.05) is 16.7 Å². The molecular weight excluding hydrogens is 1020 g/mol. The standard InChI is InChI=1S/C54H92O23/c1-22(9-13-33(51(4,5)70)76-49-46(41(66)37(62)29(21-58)74-49)77-48-44(69)40(65)36(61)28(20-57)73-48)23-15-16-52(6)30-12-10-24-25(54(30,8)31(59)17-53(23,52)7)11-14-32(50(24,2)3)75-47-43(68)38(63)34(26(18-55)72-47)45-42(67)39(64)35(60)27(19-56)71-45/h10,22-23,25-49,55-70H,9,11-21H2,1-8H3/t22-,23?,25?,26-,27-,28-,29-,30?,31-,32+,33-,34?,35-,36-,37-,38+,39+,40+,41+,42-,43-,44-,45+,46-,47+,48+,49+,52+,53-,54+/m1/s1. The highest BCUT2D eigenvalue weighted by atomic mass is 16.8. The lowest BCUT2D eigenvalue weighted by Crippen LogP contribution is -2.68. The van der Waals surface area contributed by atoms with Gasteiger partial charge in [-0.25, -0.2) is 0 Å².